The molecule has 0 unspecified atom stereocenters. The molecule has 1 radical (unpaired) electrons. The summed E-state index contributed by atoms with van der Waals surface area (Å²) in [7, 11) is 0. The van der Waals surface area contributed by atoms with Crippen molar-refractivity contribution in [2.75, 3.05) is 0 Å². The van der Waals surface area contributed by atoms with Gasteiger partial charge in [0.05, 0.1) is 0 Å². The molecule has 0 saturated carbocycles. The minimum atomic E-state index is 0. The SMILES string of the molecule is F.F.F.[Mn]. The van der Waals surface area contributed by atoms with Crippen molar-refractivity contribution in [2.24, 2.45) is 0 Å². The average Bonchev–Trinajstić information content (AvgIpc) is 0. The van der Waals surface area contributed by atoms with Gasteiger partial charge in [0.15, 0.2) is 0 Å². The van der Waals surface area contributed by atoms with E-state index in [1.54, 1.807) is 0 Å². The maximum Gasteiger partial charge on any atom is 0 e. The van der Waals surface area contributed by atoms with Crippen LogP contribution in [0.3, 0.4) is 0 Å². The maximum absolute atomic E-state index is 0. The van der Waals surface area contributed by atoms with Crippen LogP contribution in [-0.2, 0) is 17.1 Å². The average molecular weight is 115 g/mol. The summed E-state index contributed by atoms with van der Waals surface area (Å²) in [5.74, 6) is 0. The number of halogens is 3. The molecule has 0 N–H and O–H groups in total. The van der Waals surface area contributed by atoms with Crippen LogP contribution < -0.4 is 0 Å². The fraction of sp³-hybridized carbons (Fsp3) is 0. The minimum absolute atomic E-state index is 0. The second-order valence-electron chi connectivity index (χ2n) is 0. The zero-order valence-corrected chi connectivity index (χ0v) is 2.78. The predicted octanol–water partition coefficient (Wildman–Crippen LogP) is 0.455. The summed E-state index contributed by atoms with van der Waals surface area (Å²) in [6, 6.07) is 0. The summed E-state index contributed by atoms with van der Waals surface area (Å²) in [6.07, 6.45) is 0. The first-order valence-corrected chi connectivity index (χ1v) is 0. The molecule has 0 saturated heterocycles. The Bertz CT molecular complexity index is 3.25. The standard InChI is InChI=1S/3FH.Mn/h3*1H;. The summed E-state index contributed by atoms with van der Waals surface area (Å²) in [6.45, 7) is 0. The second kappa shape index (κ2) is 184. The van der Waals surface area contributed by atoms with Crippen molar-refractivity contribution in [3.63, 3.8) is 0 Å². The van der Waals surface area contributed by atoms with Crippen LogP contribution in [0.1, 0.15) is 0 Å². The van der Waals surface area contributed by atoms with Crippen LogP contribution in [0, 0.1) is 0 Å². The van der Waals surface area contributed by atoms with Crippen LogP contribution in [0.25, 0.3) is 0 Å². The van der Waals surface area contributed by atoms with Crippen molar-refractivity contribution >= 4 is 0 Å². The zero-order chi connectivity index (χ0) is 0. The second-order valence-corrected chi connectivity index (χ2v) is 0. The van der Waals surface area contributed by atoms with Crippen molar-refractivity contribution in [1.29, 1.82) is 0 Å². The van der Waals surface area contributed by atoms with E-state index in [0.29, 0.717) is 0 Å². The molecule has 0 aliphatic heterocycles. The van der Waals surface area contributed by atoms with Crippen LogP contribution in [-0.4, -0.2) is 0 Å². The molecular weight excluding hydrogens is 112 g/mol. The van der Waals surface area contributed by atoms with Gasteiger partial charge in [-0.05, 0) is 0 Å². The number of hydrogen-bond donors (Lipinski definition) is 0. The Morgan fingerprint density at radius 1 is 0.500 bits per heavy atom. The van der Waals surface area contributed by atoms with Gasteiger partial charge in [0, 0.05) is 17.1 Å². The first kappa shape index (κ1) is 493. The molecule has 0 rings (SSSR count). The van der Waals surface area contributed by atoms with E-state index in [2.05, 4.69) is 0 Å². The van der Waals surface area contributed by atoms with E-state index >= 15 is 0 Å². The third kappa shape index (κ3) is 41.3. The van der Waals surface area contributed by atoms with Gasteiger partial charge >= 0.3 is 0 Å². The van der Waals surface area contributed by atoms with Gasteiger partial charge in [-0.3, -0.25) is 14.1 Å². The summed E-state index contributed by atoms with van der Waals surface area (Å²) in [5.41, 5.74) is 0. The molecular formula is H3F3Mn. The monoisotopic (exact) mass is 115 g/mol. The molecule has 0 aromatic heterocycles. The fourth-order valence-electron chi connectivity index (χ4n) is 0. The smallest absolute Gasteiger partial charge is 0 e. The Labute approximate surface area is 32.2 Å². The van der Waals surface area contributed by atoms with E-state index in [1.165, 1.54) is 0 Å². The number of rotatable bonds is 0. The van der Waals surface area contributed by atoms with Gasteiger partial charge in [-0.2, -0.15) is 0 Å². The molecule has 0 aromatic rings. The van der Waals surface area contributed by atoms with Crippen molar-refractivity contribution < 1.29 is 31.2 Å². The Balaban J connectivity index is 0. The predicted molar refractivity (Wildman–Crippen MR) is 7.51 cm³/mol. The molecule has 31 valence electrons. The van der Waals surface area contributed by atoms with Gasteiger partial charge in [-0.25, -0.2) is 0 Å². The first-order chi connectivity index (χ1) is 0. The van der Waals surface area contributed by atoms with Crippen molar-refractivity contribution in [3.8, 4) is 0 Å². The molecule has 0 aromatic carbocycles. The van der Waals surface area contributed by atoms with Crippen molar-refractivity contribution in [1.82, 2.24) is 0 Å². The van der Waals surface area contributed by atoms with Gasteiger partial charge in [-0.1, -0.05) is 0 Å². The molecule has 0 atom stereocenters. The largest absolute Gasteiger partial charge is 0.269 e. The number of hydrogen-bond acceptors (Lipinski definition) is 0. The Morgan fingerprint density at radius 2 is 0.500 bits per heavy atom. The van der Waals surface area contributed by atoms with E-state index in [-0.39, 0.29) is 31.2 Å². The third-order valence-electron chi connectivity index (χ3n) is 0. The van der Waals surface area contributed by atoms with Crippen LogP contribution in [0.4, 0.5) is 14.1 Å². The van der Waals surface area contributed by atoms with E-state index in [0.717, 1.165) is 0 Å². The summed E-state index contributed by atoms with van der Waals surface area (Å²) < 4.78 is 0. The summed E-state index contributed by atoms with van der Waals surface area (Å²) >= 11 is 0. The molecule has 0 amide bonds. The summed E-state index contributed by atoms with van der Waals surface area (Å²) in [4.78, 5) is 0. The van der Waals surface area contributed by atoms with E-state index in [9.17, 15) is 0 Å². The third-order valence-corrected chi connectivity index (χ3v) is 0. The Kier molecular flexibility index (Phi) is 22700. The van der Waals surface area contributed by atoms with E-state index in [1.807, 2.05) is 0 Å². The van der Waals surface area contributed by atoms with Gasteiger partial charge in [0.2, 0.25) is 0 Å². The van der Waals surface area contributed by atoms with Crippen molar-refractivity contribution in [2.45, 2.75) is 0 Å². The van der Waals surface area contributed by atoms with Crippen LogP contribution >= 0.6 is 0 Å². The molecule has 0 nitrogen and oxygen atoms in total. The Morgan fingerprint density at radius 3 is 0.500 bits per heavy atom. The van der Waals surface area contributed by atoms with Crippen LogP contribution in [0.5, 0.6) is 0 Å². The molecule has 0 heterocycles. The molecule has 0 bridgehead atoms. The molecule has 0 spiro atoms. The topological polar surface area (TPSA) is 0 Å². The van der Waals surface area contributed by atoms with Crippen LogP contribution in [0.2, 0.25) is 0 Å². The van der Waals surface area contributed by atoms with E-state index in [4.69, 9.17) is 0 Å². The molecule has 0 fully saturated rings. The van der Waals surface area contributed by atoms with Gasteiger partial charge in [-0.15, -0.1) is 0 Å². The van der Waals surface area contributed by atoms with Gasteiger partial charge in [0.25, 0.3) is 0 Å². The quantitative estimate of drug-likeness (QED) is 0.402. The zero-order valence-electron chi connectivity index (χ0n) is 1.60. The van der Waals surface area contributed by atoms with Crippen LogP contribution in [0.15, 0.2) is 0 Å². The minimum Gasteiger partial charge on any atom is -0.269 e. The van der Waals surface area contributed by atoms with E-state index < -0.39 is 0 Å². The normalized spacial score (nSPS) is 0. The summed E-state index contributed by atoms with van der Waals surface area (Å²) in [5, 5.41) is 0. The van der Waals surface area contributed by atoms with Crippen molar-refractivity contribution in [3.05, 3.63) is 0 Å². The maximum atomic E-state index is 0. The molecule has 0 aliphatic carbocycles. The fourth-order valence-corrected chi connectivity index (χ4v) is 0. The molecule has 4 heteroatoms. The first-order valence-electron chi connectivity index (χ1n) is 0. The van der Waals surface area contributed by atoms with Gasteiger partial charge < -0.3 is 0 Å². The van der Waals surface area contributed by atoms with Gasteiger partial charge in [0.1, 0.15) is 0 Å². The Hall–Kier alpha value is 0.309. The molecule has 4 heavy (non-hydrogen) atoms. The molecule has 0 aliphatic rings.